The van der Waals surface area contributed by atoms with Gasteiger partial charge in [0.1, 0.15) is 6.54 Å². The number of benzene rings is 1. The molecule has 2 aromatic rings. The Morgan fingerprint density at radius 1 is 1.32 bits per heavy atom. The lowest BCUT2D eigenvalue weighted by Crippen LogP contribution is -2.33. The molecule has 0 spiro atoms. The fourth-order valence-electron chi connectivity index (χ4n) is 1.82. The van der Waals surface area contributed by atoms with Gasteiger partial charge in [-0.25, -0.2) is 0 Å². The van der Waals surface area contributed by atoms with Gasteiger partial charge in [-0.3, -0.25) is 9.78 Å². The molecule has 0 saturated heterocycles. The van der Waals surface area contributed by atoms with Gasteiger partial charge in [-0.05, 0) is 11.6 Å². The Kier molecular flexibility index (Phi) is 4.43. The van der Waals surface area contributed by atoms with E-state index in [-0.39, 0.29) is 19.0 Å². The fourth-order valence-corrected chi connectivity index (χ4v) is 1.82. The van der Waals surface area contributed by atoms with Crippen LogP contribution in [-0.2, 0) is 11.3 Å². The zero-order valence-electron chi connectivity index (χ0n) is 10.4. The minimum atomic E-state index is -0.185. The maximum atomic E-state index is 11.3. The van der Waals surface area contributed by atoms with E-state index in [4.69, 9.17) is 5.26 Å². The molecule has 0 unspecified atom stereocenters. The number of amides is 1. The second-order valence-electron chi connectivity index (χ2n) is 4.03. The predicted molar refractivity (Wildman–Crippen MR) is 72.1 cm³/mol. The van der Waals surface area contributed by atoms with Crippen molar-refractivity contribution in [1.29, 1.82) is 5.26 Å². The number of hydrogen-bond donors (Lipinski definition) is 2. The second-order valence-corrected chi connectivity index (χ2v) is 4.03. The molecule has 1 amide bonds. The van der Waals surface area contributed by atoms with Crippen molar-refractivity contribution < 1.29 is 4.79 Å². The van der Waals surface area contributed by atoms with Gasteiger partial charge in [-0.1, -0.05) is 24.3 Å². The van der Waals surface area contributed by atoms with Crippen molar-refractivity contribution in [3.05, 3.63) is 42.1 Å². The van der Waals surface area contributed by atoms with Crippen LogP contribution >= 0.6 is 0 Å². The lowest BCUT2D eigenvalue weighted by atomic mass is 10.1. The number of hydrogen-bond acceptors (Lipinski definition) is 4. The molecule has 96 valence electrons. The lowest BCUT2D eigenvalue weighted by molar-refractivity contribution is -0.120. The molecule has 5 heteroatoms. The number of carbonyl (C=O) groups is 1. The maximum Gasteiger partial charge on any atom is 0.234 e. The second kappa shape index (κ2) is 6.47. The highest BCUT2D eigenvalue weighted by Gasteiger charge is 2.03. The summed E-state index contributed by atoms with van der Waals surface area (Å²) < 4.78 is 0. The van der Waals surface area contributed by atoms with E-state index in [1.165, 1.54) is 0 Å². The van der Waals surface area contributed by atoms with Crippen molar-refractivity contribution in [2.75, 3.05) is 13.1 Å². The van der Waals surface area contributed by atoms with Gasteiger partial charge in [-0.15, -0.1) is 0 Å². The normalized spacial score (nSPS) is 10.1. The highest BCUT2D eigenvalue weighted by atomic mass is 16.1. The number of nitrogens with one attached hydrogen (secondary N) is 2. The molecule has 0 bridgehead atoms. The molecule has 5 nitrogen and oxygen atoms in total. The molecule has 2 rings (SSSR count). The molecule has 0 radical (unpaired) electrons. The Balaban J connectivity index is 1.95. The topological polar surface area (TPSA) is 77.8 Å². The molecule has 0 aliphatic heterocycles. The number of pyridine rings is 1. The van der Waals surface area contributed by atoms with Crippen LogP contribution in [0.4, 0.5) is 0 Å². The average Bonchev–Trinajstić information content (AvgIpc) is 2.45. The van der Waals surface area contributed by atoms with Crippen molar-refractivity contribution in [2.45, 2.75) is 6.54 Å². The van der Waals surface area contributed by atoms with Crippen LogP contribution in [0.5, 0.6) is 0 Å². The molecule has 1 aromatic heterocycles. The number of aromatic nitrogens is 1. The first-order valence-corrected chi connectivity index (χ1v) is 5.98. The Morgan fingerprint density at radius 3 is 3.00 bits per heavy atom. The van der Waals surface area contributed by atoms with Crippen molar-refractivity contribution in [3.63, 3.8) is 0 Å². The van der Waals surface area contributed by atoms with E-state index in [9.17, 15) is 4.79 Å². The van der Waals surface area contributed by atoms with Crippen molar-refractivity contribution in [2.24, 2.45) is 0 Å². The highest BCUT2D eigenvalue weighted by Crippen LogP contribution is 2.15. The molecule has 19 heavy (non-hydrogen) atoms. The summed E-state index contributed by atoms with van der Waals surface area (Å²) in [6.07, 6.45) is 1.76. The molecule has 1 heterocycles. The van der Waals surface area contributed by atoms with E-state index in [1.807, 2.05) is 36.4 Å². The van der Waals surface area contributed by atoms with E-state index < -0.39 is 0 Å². The Morgan fingerprint density at radius 2 is 2.16 bits per heavy atom. The molecule has 0 atom stereocenters. The Labute approximate surface area is 111 Å². The van der Waals surface area contributed by atoms with Crippen LogP contribution in [0.25, 0.3) is 10.9 Å². The molecular formula is C14H14N4O. The zero-order valence-corrected chi connectivity index (χ0v) is 10.4. The molecular weight excluding hydrogens is 240 g/mol. The van der Waals surface area contributed by atoms with Crippen LogP contribution in [0, 0.1) is 11.3 Å². The van der Waals surface area contributed by atoms with Crippen LogP contribution in [-0.4, -0.2) is 24.0 Å². The lowest BCUT2D eigenvalue weighted by Gasteiger charge is -2.07. The van der Waals surface area contributed by atoms with Gasteiger partial charge < -0.3 is 10.6 Å². The Bertz CT molecular complexity index is 613. The van der Waals surface area contributed by atoms with Crippen LogP contribution in [0.1, 0.15) is 5.56 Å². The van der Waals surface area contributed by atoms with Gasteiger partial charge in [0.2, 0.25) is 5.91 Å². The number of para-hydroxylation sites is 1. The van der Waals surface area contributed by atoms with Crippen molar-refractivity contribution >= 4 is 16.8 Å². The summed E-state index contributed by atoms with van der Waals surface area (Å²) in [5, 5.41) is 14.9. The van der Waals surface area contributed by atoms with E-state index in [1.54, 1.807) is 6.20 Å². The summed E-state index contributed by atoms with van der Waals surface area (Å²) >= 11 is 0. The van der Waals surface area contributed by atoms with E-state index in [2.05, 4.69) is 15.6 Å². The number of nitriles is 1. The van der Waals surface area contributed by atoms with Gasteiger partial charge in [-0.2, -0.15) is 5.26 Å². The zero-order chi connectivity index (χ0) is 13.5. The largest absolute Gasteiger partial charge is 0.342 e. The first-order valence-electron chi connectivity index (χ1n) is 5.98. The van der Waals surface area contributed by atoms with Gasteiger partial charge >= 0.3 is 0 Å². The Hall–Kier alpha value is -2.45. The molecule has 0 aliphatic carbocycles. The quantitative estimate of drug-likeness (QED) is 0.779. The minimum absolute atomic E-state index is 0.0380. The van der Waals surface area contributed by atoms with Crippen LogP contribution < -0.4 is 10.6 Å². The first kappa shape index (κ1) is 13.0. The van der Waals surface area contributed by atoms with Crippen molar-refractivity contribution in [1.82, 2.24) is 15.6 Å². The smallest absolute Gasteiger partial charge is 0.234 e. The van der Waals surface area contributed by atoms with Gasteiger partial charge in [0.15, 0.2) is 0 Å². The summed E-state index contributed by atoms with van der Waals surface area (Å²) in [6.45, 7) is 0.787. The van der Waals surface area contributed by atoms with Gasteiger partial charge in [0, 0.05) is 18.1 Å². The summed E-state index contributed by atoms with van der Waals surface area (Å²) in [5.74, 6) is -0.185. The third-order valence-electron chi connectivity index (χ3n) is 2.68. The summed E-state index contributed by atoms with van der Waals surface area (Å²) in [7, 11) is 0. The van der Waals surface area contributed by atoms with E-state index in [0.29, 0.717) is 6.54 Å². The third kappa shape index (κ3) is 3.50. The summed E-state index contributed by atoms with van der Waals surface area (Å²) in [4.78, 5) is 15.7. The van der Waals surface area contributed by atoms with Crippen LogP contribution in [0.15, 0.2) is 36.5 Å². The third-order valence-corrected chi connectivity index (χ3v) is 2.68. The fraction of sp³-hybridized carbons (Fsp3) is 0.214. The average molecular weight is 254 g/mol. The van der Waals surface area contributed by atoms with Crippen LogP contribution in [0.2, 0.25) is 0 Å². The highest BCUT2D eigenvalue weighted by molar-refractivity contribution is 5.81. The summed E-state index contributed by atoms with van der Waals surface area (Å²) in [5.41, 5.74) is 1.99. The molecule has 0 saturated carbocycles. The minimum Gasteiger partial charge on any atom is -0.342 e. The molecule has 0 aliphatic rings. The first-order chi connectivity index (χ1) is 9.31. The predicted octanol–water partition coefficient (Wildman–Crippen LogP) is 0.964. The van der Waals surface area contributed by atoms with E-state index >= 15 is 0 Å². The SMILES string of the molecule is N#CCNC(=O)CNCc1cccc2cccnc12. The maximum absolute atomic E-state index is 11.3. The standard InChI is InChI=1S/C14H14N4O/c15-6-8-17-13(19)10-16-9-12-4-1-3-11-5-2-7-18-14(11)12/h1-5,7,16H,8-10H2,(H,17,19). The van der Waals surface area contributed by atoms with E-state index in [0.717, 1.165) is 16.5 Å². The summed E-state index contributed by atoms with van der Waals surface area (Å²) in [6, 6.07) is 11.7. The molecule has 2 N–H and O–H groups in total. The van der Waals surface area contributed by atoms with Gasteiger partial charge in [0.05, 0.1) is 18.1 Å². The number of nitrogens with zero attached hydrogens (tertiary/aromatic N) is 2. The van der Waals surface area contributed by atoms with Crippen LogP contribution in [0.3, 0.4) is 0 Å². The van der Waals surface area contributed by atoms with Gasteiger partial charge in [0.25, 0.3) is 0 Å². The number of carbonyl (C=O) groups excluding carboxylic acids is 1. The number of fused-ring (bicyclic) bond motifs is 1. The molecule has 0 fully saturated rings. The number of rotatable bonds is 5. The monoisotopic (exact) mass is 254 g/mol. The van der Waals surface area contributed by atoms with Crippen molar-refractivity contribution in [3.8, 4) is 6.07 Å². The molecule has 1 aromatic carbocycles.